The van der Waals surface area contributed by atoms with Crippen LogP contribution in [0.15, 0.2) is 17.2 Å². The lowest BCUT2D eigenvalue weighted by Gasteiger charge is -2.09. The van der Waals surface area contributed by atoms with Crippen LogP contribution in [-0.4, -0.2) is 37.2 Å². The van der Waals surface area contributed by atoms with E-state index in [-0.39, 0.29) is 5.75 Å². The molecule has 3 N–H and O–H groups in total. The molecule has 0 radical (unpaired) electrons. The molecule has 7 heteroatoms. The molecule has 21 heavy (non-hydrogen) atoms. The van der Waals surface area contributed by atoms with E-state index in [1.807, 2.05) is 0 Å². The summed E-state index contributed by atoms with van der Waals surface area (Å²) in [6.45, 7) is 2.93. The Balaban J connectivity index is 2.65. The van der Waals surface area contributed by atoms with Gasteiger partial charge >= 0.3 is 0 Å². The number of hydrogen-bond acceptors (Lipinski definition) is 5. The standard InChI is InChI=1S/C14H21N3O3S/c1-4-5-6-15-14(21)17-16-9-10-7-11(19-2)13(18)12(8-10)20-3/h7-9,18H,4-6H2,1-3H3,(H2,15,17,21)/b16-9+. The van der Waals surface area contributed by atoms with Crippen LogP contribution in [0, 0.1) is 0 Å². The topological polar surface area (TPSA) is 75.1 Å². The molecule has 0 aliphatic heterocycles. The molecule has 0 heterocycles. The number of unbranched alkanes of at least 4 members (excludes halogenated alkanes) is 1. The summed E-state index contributed by atoms with van der Waals surface area (Å²) in [5.41, 5.74) is 3.44. The summed E-state index contributed by atoms with van der Waals surface area (Å²) in [4.78, 5) is 0. The smallest absolute Gasteiger partial charge is 0.200 e. The monoisotopic (exact) mass is 311 g/mol. The molecule has 0 amide bonds. The number of hydrazone groups is 1. The minimum atomic E-state index is -0.0399. The number of benzene rings is 1. The maximum absolute atomic E-state index is 9.81. The van der Waals surface area contributed by atoms with Crippen molar-refractivity contribution in [1.29, 1.82) is 0 Å². The van der Waals surface area contributed by atoms with Gasteiger partial charge in [-0.3, -0.25) is 5.43 Å². The summed E-state index contributed by atoms with van der Waals surface area (Å²) in [5.74, 6) is 0.598. The number of methoxy groups -OCH3 is 2. The molecule has 0 fully saturated rings. The number of thiocarbonyl (C=S) groups is 1. The van der Waals surface area contributed by atoms with Gasteiger partial charge in [0.05, 0.1) is 20.4 Å². The summed E-state index contributed by atoms with van der Waals surface area (Å²) in [6.07, 6.45) is 3.72. The van der Waals surface area contributed by atoms with Crippen molar-refractivity contribution in [3.8, 4) is 17.2 Å². The number of hydrogen-bond donors (Lipinski definition) is 3. The number of aromatic hydroxyl groups is 1. The average Bonchev–Trinajstić information content (AvgIpc) is 2.48. The molecule has 116 valence electrons. The second-order valence-electron chi connectivity index (χ2n) is 4.25. The Morgan fingerprint density at radius 1 is 1.33 bits per heavy atom. The highest BCUT2D eigenvalue weighted by Gasteiger charge is 2.10. The van der Waals surface area contributed by atoms with E-state index in [0.29, 0.717) is 22.2 Å². The van der Waals surface area contributed by atoms with Crippen molar-refractivity contribution >= 4 is 23.5 Å². The number of ether oxygens (including phenoxy) is 2. The molecule has 1 rings (SSSR count). The Morgan fingerprint density at radius 2 is 1.95 bits per heavy atom. The third kappa shape index (κ3) is 5.47. The molecule has 6 nitrogen and oxygen atoms in total. The summed E-state index contributed by atoms with van der Waals surface area (Å²) in [5, 5.41) is 17.3. The van der Waals surface area contributed by atoms with Gasteiger partial charge in [0, 0.05) is 12.1 Å². The predicted octanol–water partition coefficient (Wildman–Crippen LogP) is 2.01. The van der Waals surface area contributed by atoms with Crippen LogP contribution in [0.1, 0.15) is 25.3 Å². The molecule has 0 atom stereocenters. The zero-order chi connectivity index (χ0) is 15.7. The zero-order valence-electron chi connectivity index (χ0n) is 12.5. The van der Waals surface area contributed by atoms with Crippen molar-refractivity contribution < 1.29 is 14.6 Å². The SMILES string of the molecule is CCCCNC(=S)N/N=C/c1cc(OC)c(O)c(OC)c1. The van der Waals surface area contributed by atoms with Crippen LogP contribution in [0.2, 0.25) is 0 Å². The van der Waals surface area contributed by atoms with E-state index in [9.17, 15) is 5.11 Å². The highest BCUT2D eigenvalue weighted by Crippen LogP contribution is 2.36. The van der Waals surface area contributed by atoms with Gasteiger partial charge in [0.15, 0.2) is 16.6 Å². The first-order chi connectivity index (χ1) is 10.1. The van der Waals surface area contributed by atoms with Crippen molar-refractivity contribution in [3.05, 3.63) is 17.7 Å². The van der Waals surface area contributed by atoms with Gasteiger partial charge in [-0.1, -0.05) is 13.3 Å². The Hall–Kier alpha value is -2.02. The fourth-order valence-corrected chi connectivity index (χ4v) is 1.73. The molecule has 0 aliphatic rings. The van der Waals surface area contributed by atoms with Crippen molar-refractivity contribution in [2.75, 3.05) is 20.8 Å². The van der Waals surface area contributed by atoms with Gasteiger partial charge in [-0.2, -0.15) is 5.10 Å². The van der Waals surface area contributed by atoms with E-state index in [1.165, 1.54) is 14.2 Å². The van der Waals surface area contributed by atoms with E-state index in [4.69, 9.17) is 21.7 Å². The van der Waals surface area contributed by atoms with Gasteiger partial charge in [0.2, 0.25) is 5.75 Å². The largest absolute Gasteiger partial charge is 0.502 e. The van der Waals surface area contributed by atoms with Crippen LogP contribution in [0.25, 0.3) is 0 Å². The first-order valence-corrected chi connectivity index (χ1v) is 7.05. The number of phenolic OH excluding ortho intramolecular Hbond substituents is 1. The second-order valence-corrected chi connectivity index (χ2v) is 4.66. The zero-order valence-corrected chi connectivity index (χ0v) is 13.3. The molecular weight excluding hydrogens is 290 g/mol. The summed E-state index contributed by atoms with van der Waals surface area (Å²) < 4.78 is 10.1. The van der Waals surface area contributed by atoms with Crippen molar-refractivity contribution in [2.24, 2.45) is 5.10 Å². The highest BCUT2D eigenvalue weighted by atomic mass is 32.1. The highest BCUT2D eigenvalue weighted by molar-refractivity contribution is 7.80. The maximum atomic E-state index is 9.81. The third-order valence-electron chi connectivity index (χ3n) is 2.70. The van der Waals surface area contributed by atoms with Crippen molar-refractivity contribution in [3.63, 3.8) is 0 Å². The van der Waals surface area contributed by atoms with Gasteiger partial charge in [-0.25, -0.2) is 0 Å². The summed E-state index contributed by atoms with van der Waals surface area (Å²) in [6, 6.07) is 3.30. The van der Waals surface area contributed by atoms with Crippen molar-refractivity contribution in [2.45, 2.75) is 19.8 Å². The molecule has 1 aromatic rings. The van der Waals surface area contributed by atoms with Gasteiger partial charge in [0.1, 0.15) is 0 Å². The minimum absolute atomic E-state index is 0.0399. The lowest BCUT2D eigenvalue weighted by molar-refractivity contribution is 0.340. The predicted molar refractivity (Wildman–Crippen MR) is 87.4 cm³/mol. The van der Waals surface area contributed by atoms with E-state index in [0.717, 1.165) is 19.4 Å². The quantitative estimate of drug-likeness (QED) is 0.309. The van der Waals surface area contributed by atoms with Crippen LogP contribution in [0.5, 0.6) is 17.2 Å². The molecule has 0 aromatic heterocycles. The number of phenols is 1. The lowest BCUT2D eigenvalue weighted by atomic mass is 10.2. The Kier molecular flexibility index (Phi) is 7.31. The Bertz CT molecular complexity index is 481. The molecule has 0 saturated carbocycles. The molecule has 1 aromatic carbocycles. The first kappa shape index (κ1) is 17.0. The van der Waals surface area contributed by atoms with E-state index in [2.05, 4.69) is 22.8 Å². The third-order valence-corrected chi connectivity index (χ3v) is 2.93. The number of nitrogens with zero attached hydrogens (tertiary/aromatic N) is 1. The fraction of sp³-hybridized carbons (Fsp3) is 0.429. The molecule has 0 spiro atoms. The van der Waals surface area contributed by atoms with Crippen LogP contribution in [0.4, 0.5) is 0 Å². The van der Waals surface area contributed by atoms with Crippen LogP contribution in [0.3, 0.4) is 0 Å². The van der Waals surface area contributed by atoms with E-state index >= 15 is 0 Å². The average molecular weight is 311 g/mol. The molecule has 0 aliphatic carbocycles. The van der Waals surface area contributed by atoms with Gasteiger partial charge in [-0.05, 0) is 30.8 Å². The van der Waals surface area contributed by atoms with Crippen LogP contribution >= 0.6 is 12.2 Å². The summed E-state index contributed by atoms with van der Waals surface area (Å²) >= 11 is 5.08. The Morgan fingerprint density at radius 3 is 2.48 bits per heavy atom. The molecule has 0 unspecified atom stereocenters. The van der Waals surface area contributed by atoms with E-state index in [1.54, 1.807) is 18.3 Å². The normalized spacial score (nSPS) is 10.4. The first-order valence-electron chi connectivity index (χ1n) is 6.64. The van der Waals surface area contributed by atoms with E-state index < -0.39 is 0 Å². The summed E-state index contributed by atoms with van der Waals surface area (Å²) in [7, 11) is 2.95. The number of nitrogens with one attached hydrogen (secondary N) is 2. The molecular formula is C14H21N3O3S. The molecule has 0 bridgehead atoms. The lowest BCUT2D eigenvalue weighted by Crippen LogP contribution is -2.32. The van der Waals surface area contributed by atoms with Gasteiger partial charge in [0.25, 0.3) is 0 Å². The maximum Gasteiger partial charge on any atom is 0.200 e. The molecule has 0 saturated heterocycles. The van der Waals surface area contributed by atoms with Crippen LogP contribution < -0.4 is 20.2 Å². The fourth-order valence-electron chi connectivity index (χ4n) is 1.57. The van der Waals surface area contributed by atoms with Gasteiger partial charge in [-0.15, -0.1) is 0 Å². The Labute approximate surface area is 130 Å². The second kappa shape index (κ2) is 9.02. The number of rotatable bonds is 7. The van der Waals surface area contributed by atoms with Crippen LogP contribution in [-0.2, 0) is 0 Å². The minimum Gasteiger partial charge on any atom is -0.502 e. The van der Waals surface area contributed by atoms with Gasteiger partial charge < -0.3 is 19.9 Å². The van der Waals surface area contributed by atoms with Crippen molar-refractivity contribution in [1.82, 2.24) is 10.7 Å².